The molecule has 0 unspecified atom stereocenters. The largest absolute Gasteiger partial charge is 0.491 e. The quantitative estimate of drug-likeness (QED) is 0.807. The van der Waals surface area contributed by atoms with Crippen LogP contribution in [0.1, 0.15) is 5.69 Å². The number of hydrogen-bond acceptors (Lipinski definition) is 8. The van der Waals surface area contributed by atoms with Crippen molar-refractivity contribution in [1.29, 1.82) is 0 Å². The van der Waals surface area contributed by atoms with Crippen LogP contribution in [0.5, 0.6) is 17.2 Å². The van der Waals surface area contributed by atoms with Crippen LogP contribution in [0.15, 0.2) is 24.3 Å². The van der Waals surface area contributed by atoms with Gasteiger partial charge in [0.25, 0.3) is 0 Å². The maximum absolute atomic E-state index is 10.2. The molecule has 0 amide bonds. The molecule has 0 radical (unpaired) electrons. The van der Waals surface area contributed by atoms with E-state index < -0.39 is 6.10 Å². The lowest BCUT2D eigenvalue weighted by molar-refractivity contribution is 0.113. The maximum atomic E-state index is 10.2. The first-order valence-electron chi connectivity index (χ1n) is 7.54. The molecule has 0 bridgehead atoms. The average molecular weight is 332 g/mol. The standard InChI is InChI=1S/C16H20N4O4/c1-10-5-15(19-16(17)18-10)20(2)7-11(21)8-22-12-3-4-13-14(6-12)24-9-23-13/h3-6,11,21H,7-9H2,1-2H3,(H2,17,18,19)/t11-/m1/s1. The average Bonchev–Trinajstić information content (AvgIpc) is 2.99. The third-order valence-corrected chi connectivity index (χ3v) is 3.52. The third kappa shape index (κ3) is 3.77. The van der Waals surface area contributed by atoms with E-state index in [0.29, 0.717) is 29.6 Å². The number of nitrogens with two attached hydrogens (primary N) is 1. The number of aliphatic hydroxyl groups excluding tert-OH is 1. The number of nitrogen functional groups attached to an aromatic ring is 1. The van der Waals surface area contributed by atoms with Gasteiger partial charge in [-0.25, -0.2) is 4.98 Å². The Morgan fingerprint density at radius 2 is 2.08 bits per heavy atom. The number of likely N-dealkylation sites (N-methyl/N-ethyl adjacent to an activating group) is 1. The number of hydrogen-bond donors (Lipinski definition) is 2. The SMILES string of the molecule is Cc1cc(N(C)C[C@@H](O)COc2ccc3c(c2)OCO3)nc(N)n1. The number of nitrogens with zero attached hydrogens (tertiary/aromatic N) is 3. The summed E-state index contributed by atoms with van der Waals surface area (Å²) in [5.74, 6) is 2.82. The predicted octanol–water partition coefficient (Wildman–Crippen LogP) is 0.972. The summed E-state index contributed by atoms with van der Waals surface area (Å²) in [6.45, 7) is 2.55. The van der Waals surface area contributed by atoms with Crippen molar-refractivity contribution in [2.75, 3.05) is 37.6 Å². The highest BCUT2D eigenvalue weighted by atomic mass is 16.7. The highest BCUT2D eigenvalue weighted by Gasteiger charge is 2.15. The zero-order valence-electron chi connectivity index (χ0n) is 13.6. The molecule has 1 aliphatic heterocycles. The fourth-order valence-corrected chi connectivity index (χ4v) is 2.39. The van der Waals surface area contributed by atoms with Crippen LogP contribution in [0.3, 0.4) is 0 Å². The van der Waals surface area contributed by atoms with Crippen LogP contribution in [-0.4, -0.2) is 48.2 Å². The smallest absolute Gasteiger partial charge is 0.231 e. The van der Waals surface area contributed by atoms with Crippen LogP contribution in [0.2, 0.25) is 0 Å². The minimum absolute atomic E-state index is 0.142. The van der Waals surface area contributed by atoms with Crippen molar-refractivity contribution in [3.63, 3.8) is 0 Å². The van der Waals surface area contributed by atoms with Crippen molar-refractivity contribution in [2.24, 2.45) is 0 Å². The van der Waals surface area contributed by atoms with E-state index in [1.807, 2.05) is 20.0 Å². The van der Waals surface area contributed by atoms with E-state index in [9.17, 15) is 5.11 Å². The van der Waals surface area contributed by atoms with Gasteiger partial charge in [-0.05, 0) is 19.1 Å². The molecule has 1 aliphatic rings. The lowest BCUT2D eigenvalue weighted by Crippen LogP contribution is -2.33. The highest BCUT2D eigenvalue weighted by molar-refractivity contribution is 5.47. The third-order valence-electron chi connectivity index (χ3n) is 3.52. The van der Waals surface area contributed by atoms with E-state index >= 15 is 0 Å². The normalized spacial score (nSPS) is 13.6. The molecule has 0 saturated heterocycles. The number of rotatable bonds is 6. The van der Waals surface area contributed by atoms with Gasteiger partial charge in [0.2, 0.25) is 12.7 Å². The first-order chi connectivity index (χ1) is 11.5. The van der Waals surface area contributed by atoms with E-state index in [2.05, 4.69) is 9.97 Å². The molecule has 0 saturated carbocycles. The van der Waals surface area contributed by atoms with Crippen LogP contribution in [-0.2, 0) is 0 Å². The molecule has 8 heteroatoms. The van der Waals surface area contributed by atoms with Gasteiger partial charge in [0.15, 0.2) is 11.5 Å². The Labute approximate surface area is 139 Å². The molecule has 2 heterocycles. The molecule has 128 valence electrons. The fourth-order valence-electron chi connectivity index (χ4n) is 2.39. The summed E-state index contributed by atoms with van der Waals surface area (Å²) in [6.07, 6.45) is -0.697. The molecule has 1 aromatic heterocycles. The summed E-state index contributed by atoms with van der Waals surface area (Å²) in [7, 11) is 1.82. The van der Waals surface area contributed by atoms with Crippen molar-refractivity contribution < 1.29 is 19.3 Å². The summed E-state index contributed by atoms with van der Waals surface area (Å²) in [4.78, 5) is 9.99. The molecule has 0 spiro atoms. The monoisotopic (exact) mass is 332 g/mol. The molecule has 3 rings (SSSR count). The summed E-state index contributed by atoms with van der Waals surface area (Å²) in [5, 5.41) is 10.2. The Hall–Kier alpha value is -2.74. The van der Waals surface area contributed by atoms with Crippen molar-refractivity contribution in [2.45, 2.75) is 13.0 Å². The van der Waals surface area contributed by atoms with E-state index in [1.165, 1.54) is 0 Å². The molecular formula is C16H20N4O4. The van der Waals surface area contributed by atoms with E-state index in [0.717, 1.165) is 5.69 Å². The van der Waals surface area contributed by atoms with Gasteiger partial charge in [0, 0.05) is 31.4 Å². The number of ether oxygens (including phenoxy) is 3. The Morgan fingerprint density at radius 1 is 1.29 bits per heavy atom. The number of aromatic nitrogens is 2. The number of aryl methyl sites for hydroxylation is 1. The van der Waals surface area contributed by atoms with Gasteiger partial charge in [-0.3, -0.25) is 0 Å². The zero-order valence-corrected chi connectivity index (χ0v) is 13.6. The fraction of sp³-hybridized carbons (Fsp3) is 0.375. The predicted molar refractivity (Wildman–Crippen MR) is 88.5 cm³/mol. The molecule has 0 fully saturated rings. The van der Waals surface area contributed by atoms with Gasteiger partial charge in [0.05, 0.1) is 0 Å². The second-order valence-electron chi connectivity index (χ2n) is 5.59. The summed E-state index contributed by atoms with van der Waals surface area (Å²) >= 11 is 0. The first-order valence-corrected chi connectivity index (χ1v) is 7.54. The Morgan fingerprint density at radius 3 is 2.88 bits per heavy atom. The number of benzene rings is 1. The summed E-state index contributed by atoms with van der Waals surface area (Å²) < 4.78 is 16.1. The topological polar surface area (TPSA) is 103 Å². The van der Waals surface area contributed by atoms with Gasteiger partial charge in [-0.15, -0.1) is 0 Å². The molecule has 1 atom stereocenters. The number of aliphatic hydroxyl groups is 1. The Kier molecular flexibility index (Phi) is 4.57. The summed E-state index contributed by atoms with van der Waals surface area (Å²) in [5.41, 5.74) is 6.42. The van der Waals surface area contributed by atoms with Crippen LogP contribution < -0.4 is 24.8 Å². The van der Waals surface area contributed by atoms with Crippen molar-refractivity contribution in [1.82, 2.24) is 9.97 Å². The van der Waals surface area contributed by atoms with Gasteiger partial charge in [0.1, 0.15) is 24.3 Å². The van der Waals surface area contributed by atoms with Gasteiger partial charge in [-0.1, -0.05) is 0 Å². The Bertz CT molecular complexity index is 705. The second kappa shape index (κ2) is 6.79. The molecule has 1 aromatic carbocycles. The number of fused-ring (bicyclic) bond motifs is 1. The minimum Gasteiger partial charge on any atom is -0.491 e. The van der Waals surface area contributed by atoms with Crippen LogP contribution >= 0.6 is 0 Å². The minimum atomic E-state index is -0.697. The van der Waals surface area contributed by atoms with E-state index in [1.54, 1.807) is 23.1 Å². The first kappa shape index (κ1) is 16.1. The zero-order chi connectivity index (χ0) is 17.1. The van der Waals surface area contributed by atoms with Crippen molar-refractivity contribution in [3.8, 4) is 17.2 Å². The van der Waals surface area contributed by atoms with Gasteiger partial charge >= 0.3 is 0 Å². The number of anilines is 2. The molecule has 8 nitrogen and oxygen atoms in total. The highest BCUT2D eigenvalue weighted by Crippen LogP contribution is 2.35. The Balaban J connectivity index is 1.54. The van der Waals surface area contributed by atoms with Crippen LogP contribution in [0, 0.1) is 6.92 Å². The van der Waals surface area contributed by atoms with E-state index in [-0.39, 0.29) is 19.3 Å². The molecule has 2 aromatic rings. The second-order valence-corrected chi connectivity index (χ2v) is 5.59. The van der Waals surface area contributed by atoms with Crippen molar-refractivity contribution in [3.05, 3.63) is 30.0 Å². The molecule has 0 aliphatic carbocycles. The van der Waals surface area contributed by atoms with Crippen LogP contribution in [0.4, 0.5) is 11.8 Å². The maximum Gasteiger partial charge on any atom is 0.231 e. The van der Waals surface area contributed by atoms with Crippen molar-refractivity contribution >= 4 is 11.8 Å². The van der Waals surface area contributed by atoms with Gasteiger partial charge in [-0.2, -0.15) is 4.98 Å². The van der Waals surface area contributed by atoms with Crippen LogP contribution in [0.25, 0.3) is 0 Å². The lowest BCUT2D eigenvalue weighted by Gasteiger charge is -2.22. The molecule has 3 N–H and O–H groups in total. The molecule has 24 heavy (non-hydrogen) atoms. The molecular weight excluding hydrogens is 312 g/mol. The lowest BCUT2D eigenvalue weighted by atomic mass is 10.3. The van der Waals surface area contributed by atoms with E-state index in [4.69, 9.17) is 19.9 Å². The van der Waals surface area contributed by atoms with Gasteiger partial charge < -0.3 is 30.0 Å². The summed E-state index contributed by atoms with van der Waals surface area (Å²) in [6, 6.07) is 7.11.